The summed E-state index contributed by atoms with van der Waals surface area (Å²) in [6, 6.07) is 15.9. The van der Waals surface area contributed by atoms with Crippen molar-refractivity contribution in [2.45, 2.75) is 6.92 Å². The Hall–Kier alpha value is -2.03. The standard InChI is InChI=1S/C13H15N3/c1-2-14-12-9-6-10-13(16-12)15-11-7-4-3-5-8-11/h3-10H,2H2,1H3,(H2,14,15,16). The Morgan fingerprint density at radius 2 is 1.69 bits per heavy atom. The van der Waals surface area contributed by atoms with Gasteiger partial charge >= 0.3 is 0 Å². The molecule has 2 aromatic rings. The van der Waals surface area contributed by atoms with Gasteiger partial charge in [0, 0.05) is 12.2 Å². The van der Waals surface area contributed by atoms with Gasteiger partial charge in [0.05, 0.1) is 0 Å². The minimum Gasteiger partial charge on any atom is -0.370 e. The van der Waals surface area contributed by atoms with Crippen molar-refractivity contribution in [1.29, 1.82) is 0 Å². The summed E-state index contributed by atoms with van der Waals surface area (Å²) in [5.41, 5.74) is 1.05. The monoisotopic (exact) mass is 213 g/mol. The average Bonchev–Trinajstić information content (AvgIpc) is 2.31. The number of pyridine rings is 1. The van der Waals surface area contributed by atoms with Crippen LogP contribution in [0.4, 0.5) is 17.3 Å². The van der Waals surface area contributed by atoms with E-state index in [2.05, 4.69) is 22.5 Å². The van der Waals surface area contributed by atoms with E-state index in [1.165, 1.54) is 0 Å². The normalized spacial score (nSPS) is 9.81. The van der Waals surface area contributed by atoms with Crippen molar-refractivity contribution >= 4 is 17.3 Å². The van der Waals surface area contributed by atoms with Crippen LogP contribution in [0, 0.1) is 0 Å². The molecule has 1 aromatic heterocycles. The van der Waals surface area contributed by atoms with Gasteiger partial charge in [-0.3, -0.25) is 0 Å². The first-order valence-corrected chi connectivity index (χ1v) is 5.41. The maximum atomic E-state index is 4.44. The smallest absolute Gasteiger partial charge is 0.132 e. The maximum Gasteiger partial charge on any atom is 0.132 e. The van der Waals surface area contributed by atoms with Crippen LogP contribution in [-0.4, -0.2) is 11.5 Å². The van der Waals surface area contributed by atoms with Crippen LogP contribution in [0.5, 0.6) is 0 Å². The van der Waals surface area contributed by atoms with E-state index < -0.39 is 0 Å². The molecular weight excluding hydrogens is 198 g/mol. The lowest BCUT2D eigenvalue weighted by atomic mass is 10.3. The summed E-state index contributed by atoms with van der Waals surface area (Å²) in [5.74, 6) is 1.74. The fraction of sp³-hybridized carbons (Fsp3) is 0.154. The van der Waals surface area contributed by atoms with Crippen LogP contribution in [0.1, 0.15) is 6.92 Å². The molecule has 0 saturated heterocycles. The van der Waals surface area contributed by atoms with Crippen LogP contribution in [0.15, 0.2) is 48.5 Å². The molecule has 0 bridgehead atoms. The van der Waals surface area contributed by atoms with Gasteiger partial charge in [-0.15, -0.1) is 0 Å². The van der Waals surface area contributed by atoms with Crippen LogP contribution in [-0.2, 0) is 0 Å². The van der Waals surface area contributed by atoms with Crippen LogP contribution >= 0.6 is 0 Å². The van der Waals surface area contributed by atoms with E-state index in [-0.39, 0.29) is 0 Å². The second-order valence-corrected chi connectivity index (χ2v) is 3.43. The Labute approximate surface area is 95.5 Å². The van der Waals surface area contributed by atoms with E-state index in [9.17, 15) is 0 Å². The van der Waals surface area contributed by atoms with Crippen molar-refractivity contribution in [2.75, 3.05) is 17.2 Å². The third-order valence-corrected chi connectivity index (χ3v) is 2.15. The molecular formula is C13H15N3. The molecule has 0 aliphatic carbocycles. The molecule has 0 aliphatic rings. The van der Waals surface area contributed by atoms with Gasteiger partial charge in [-0.1, -0.05) is 24.3 Å². The highest BCUT2D eigenvalue weighted by Crippen LogP contribution is 2.15. The Bertz CT molecular complexity index is 440. The molecule has 0 fully saturated rings. The summed E-state index contributed by atoms with van der Waals surface area (Å²) < 4.78 is 0. The zero-order chi connectivity index (χ0) is 11.2. The van der Waals surface area contributed by atoms with E-state index in [1.54, 1.807) is 0 Å². The minimum atomic E-state index is 0.852. The molecule has 0 saturated carbocycles. The number of hydrogen-bond donors (Lipinski definition) is 2. The molecule has 0 aliphatic heterocycles. The van der Waals surface area contributed by atoms with Crippen molar-refractivity contribution in [3.05, 3.63) is 48.5 Å². The molecule has 1 heterocycles. The lowest BCUT2D eigenvalue weighted by Crippen LogP contribution is -2.01. The Morgan fingerprint density at radius 1 is 0.938 bits per heavy atom. The van der Waals surface area contributed by atoms with Gasteiger partial charge in [0.2, 0.25) is 0 Å². The first-order valence-electron chi connectivity index (χ1n) is 5.41. The summed E-state index contributed by atoms with van der Waals surface area (Å²) in [6.07, 6.45) is 0. The molecule has 1 aromatic carbocycles. The molecule has 0 atom stereocenters. The number of para-hydroxylation sites is 1. The van der Waals surface area contributed by atoms with Crippen molar-refractivity contribution in [2.24, 2.45) is 0 Å². The van der Waals surface area contributed by atoms with Crippen LogP contribution in [0.25, 0.3) is 0 Å². The van der Waals surface area contributed by atoms with Crippen molar-refractivity contribution in [3.8, 4) is 0 Å². The van der Waals surface area contributed by atoms with E-state index in [0.29, 0.717) is 0 Å². The van der Waals surface area contributed by atoms with Crippen molar-refractivity contribution in [3.63, 3.8) is 0 Å². The lowest BCUT2D eigenvalue weighted by Gasteiger charge is -2.07. The number of rotatable bonds is 4. The first-order chi connectivity index (χ1) is 7.88. The molecule has 3 nitrogen and oxygen atoms in total. The second-order valence-electron chi connectivity index (χ2n) is 3.43. The molecule has 2 rings (SSSR count). The predicted octanol–water partition coefficient (Wildman–Crippen LogP) is 3.26. The third-order valence-electron chi connectivity index (χ3n) is 2.15. The van der Waals surface area contributed by atoms with E-state index in [1.807, 2.05) is 48.5 Å². The van der Waals surface area contributed by atoms with Gasteiger partial charge in [-0.25, -0.2) is 4.98 Å². The summed E-state index contributed by atoms with van der Waals surface area (Å²) in [5, 5.41) is 6.43. The van der Waals surface area contributed by atoms with E-state index in [0.717, 1.165) is 23.9 Å². The number of nitrogens with one attached hydrogen (secondary N) is 2. The Balaban J connectivity index is 2.12. The zero-order valence-electron chi connectivity index (χ0n) is 9.27. The van der Waals surface area contributed by atoms with Crippen LogP contribution in [0.3, 0.4) is 0 Å². The highest BCUT2D eigenvalue weighted by atomic mass is 15.1. The molecule has 0 spiro atoms. The van der Waals surface area contributed by atoms with E-state index >= 15 is 0 Å². The molecule has 3 heteroatoms. The Morgan fingerprint density at radius 3 is 2.44 bits per heavy atom. The lowest BCUT2D eigenvalue weighted by molar-refractivity contribution is 1.16. The summed E-state index contributed by atoms with van der Waals surface area (Å²) in [4.78, 5) is 4.44. The molecule has 0 amide bonds. The number of aromatic nitrogens is 1. The van der Waals surface area contributed by atoms with E-state index in [4.69, 9.17) is 0 Å². The van der Waals surface area contributed by atoms with Gasteiger partial charge in [0.25, 0.3) is 0 Å². The Kier molecular flexibility index (Phi) is 3.38. The third kappa shape index (κ3) is 2.73. The SMILES string of the molecule is CCNc1cccc(Nc2ccccc2)n1. The number of hydrogen-bond acceptors (Lipinski definition) is 3. The predicted molar refractivity (Wildman–Crippen MR) is 68.1 cm³/mol. The molecule has 0 unspecified atom stereocenters. The fourth-order valence-electron chi connectivity index (χ4n) is 1.45. The van der Waals surface area contributed by atoms with Crippen LogP contribution < -0.4 is 10.6 Å². The molecule has 16 heavy (non-hydrogen) atoms. The first kappa shape index (κ1) is 10.5. The largest absolute Gasteiger partial charge is 0.370 e. The second kappa shape index (κ2) is 5.16. The number of benzene rings is 1. The molecule has 82 valence electrons. The fourth-order valence-corrected chi connectivity index (χ4v) is 1.45. The van der Waals surface area contributed by atoms with Gasteiger partial charge in [-0.05, 0) is 31.2 Å². The summed E-state index contributed by atoms with van der Waals surface area (Å²) >= 11 is 0. The average molecular weight is 213 g/mol. The van der Waals surface area contributed by atoms with Gasteiger partial charge in [0.1, 0.15) is 11.6 Å². The van der Waals surface area contributed by atoms with Crippen molar-refractivity contribution < 1.29 is 0 Å². The van der Waals surface area contributed by atoms with Crippen LogP contribution in [0.2, 0.25) is 0 Å². The number of anilines is 3. The zero-order valence-corrected chi connectivity index (χ0v) is 9.27. The van der Waals surface area contributed by atoms with Crippen molar-refractivity contribution in [1.82, 2.24) is 4.98 Å². The molecule has 2 N–H and O–H groups in total. The summed E-state index contributed by atoms with van der Waals surface area (Å²) in [6.45, 7) is 2.93. The summed E-state index contributed by atoms with van der Waals surface area (Å²) in [7, 11) is 0. The number of nitrogens with zero attached hydrogens (tertiary/aromatic N) is 1. The maximum absolute atomic E-state index is 4.44. The minimum absolute atomic E-state index is 0.852. The molecule has 0 radical (unpaired) electrons. The van der Waals surface area contributed by atoms with Gasteiger partial charge in [-0.2, -0.15) is 0 Å². The van der Waals surface area contributed by atoms with Gasteiger partial charge in [0.15, 0.2) is 0 Å². The quantitative estimate of drug-likeness (QED) is 0.818. The highest BCUT2D eigenvalue weighted by molar-refractivity contribution is 5.57. The highest BCUT2D eigenvalue weighted by Gasteiger charge is 1.96. The van der Waals surface area contributed by atoms with Gasteiger partial charge < -0.3 is 10.6 Å². The topological polar surface area (TPSA) is 37.0 Å².